The summed E-state index contributed by atoms with van der Waals surface area (Å²) in [5.41, 5.74) is -0.123. The van der Waals surface area contributed by atoms with Crippen molar-refractivity contribution in [3.63, 3.8) is 0 Å². The third-order valence-electron chi connectivity index (χ3n) is 3.33. The molecule has 0 aromatic carbocycles. The quantitative estimate of drug-likeness (QED) is 0.858. The van der Waals surface area contributed by atoms with E-state index in [9.17, 15) is 0 Å². The summed E-state index contributed by atoms with van der Waals surface area (Å²) < 4.78 is 6.96. The summed E-state index contributed by atoms with van der Waals surface area (Å²) in [5.74, 6) is 0. The molecule has 1 N–H and O–H groups in total. The van der Waals surface area contributed by atoms with Crippen molar-refractivity contribution in [1.29, 1.82) is 0 Å². The van der Waals surface area contributed by atoms with Crippen LogP contribution in [0.3, 0.4) is 0 Å². The van der Waals surface area contributed by atoms with Crippen LogP contribution in [0.4, 0.5) is 0 Å². The van der Waals surface area contributed by atoms with Gasteiger partial charge in [0, 0.05) is 16.5 Å². The van der Waals surface area contributed by atoms with E-state index in [1.165, 1.54) is 9.35 Å². The Morgan fingerprint density at radius 3 is 2.44 bits per heavy atom. The van der Waals surface area contributed by atoms with E-state index in [-0.39, 0.29) is 11.6 Å². The third-order valence-corrected chi connectivity index (χ3v) is 5.26. The second-order valence-electron chi connectivity index (χ2n) is 3.83. The van der Waals surface area contributed by atoms with E-state index < -0.39 is 0 Å². The highest BCUT2D eigenvalue weighted by atomic mass is 79.9. The molecule has 0 aliphatic heterocycles. The van der Waals surface area contributed by atoms with Gasteiger partial charge in [-0.25, -0.2) is 0 Å². The van der Waals surface area contributed by atoms with Crippen molar-refractivity contribution in [3.8, 4) is 0 Å². The van der Waals surface area contributed by atoms with Crippen molar-refractivity contribution >= 4 is 27.3 Å². The molecule has 0 saturated carbocycles. The Morgan fingerprint density at radius 2 is 2.12 bits per heavy atom. The monoisotopic (exact) mass is 305 g/mol. The molecule has 4 heteroatoms. The fourth-order valence-electron chi connectivity index (χ4n) is 2.21. The average Bonchev–Trinajstić information content (AvgIpc) is 2.72. The molecule has 0 fully saturated rings. The summed E-state index contributed by atoms with van der Waals surface area (Å²) in [5, 5.41) is 5.50. The van der Waals surface area contributed by atoms with Gasteiger partial charge < -0.3 is 10.1 Å². The summed E-state index contributed by atoms with van der Waals surface area (Å²) in [4.78, 5) is 1.31. The third kappa shape index (κ3) is 2.50. The van der Waals surface area contributed by atoms with Gasteiger partial charge in [-0.3, -0.25) is 0 Å². The van der Waals surface area contributed by atoms with Gasteiger partial charge in [0.1, 0.15) is 0 Å². The molecule has 0 aliphatic carbocycles. The number of nitrogens with one attached hydrogen (secondary N) is 1. The van der Waals surface area contributed by atoms with Gasteiger partial charge in [-0.2, -0.15) is 0 Å². The number of methoxy groups -OCH3 is 1. The second-order valence-corrected chi connectivity index (χ2v) is 5.63. The van der Waals surface area contributed by atoms with Crippen molar-refractivity contribution in [2.45, 2.75) is 38.3 Å². The van der Waals surface area contributed by atoms with Crippen molar-refractivity contribution in [2.75, 3.05) is 14.2 Å². The SMILES string of the molecule is CCC(CC)(OC)C(NC)c1sccc1Br. The molecular weight excluding hydrogens is 286 g/mol. The van der Waals surface area contributed by atoms with Gasteiger partial charge in [-0.15, -0.1) is 11.3 Å². The summed E-state index contributed by atoms with van der Waals surface area (Å²) in [7, 11) is 3.80. The van der Waals surface area contributed by atoms with E-state index in [0.717, 1.165) is 12.8 Å². The van der Waals surface area contributed by atoms with Gasteiger partial charge in [0.05, 0.1) is 11.6 Å². The minimum atomic E-state index is -0.123. The van der Waals surface area contributed by atoms with E-state index in [1.807, 2.05) is 7.05 Å². The zero-order valence-corrected chi connectivity index (χ0v) is 12.7. The zero-order chi connectivity index (χ0) is 12.2. The second kappa shape index (κ2) is 6.15. The Morgan fingerprint density at radius 1 is 1.50 bits per heavy atom. The van der Waals surface area contributed by atoms with Gasteiger partial charge in [0.25, 0.3) is 0 Å². The maximum Gasteiger partial charge on any atom is 0.0875 e. The van der Waals surface area contributed by atoms with E-state index in [0.29, 0.717) is 0 Å². The van der Waals surface area contributed by atoms with Crippen molar-refractivity contribution < 1.29 is 4.74 Å². The highest BCUT2D eigenvalue weighted by molar-refractivity contribution is 9.10. The first-order chi connectivity index (χ1) is 7.65. The molecule has 1 unspecified atom stereocenters. The van der Waals surface area contributed by atoms with Crippen molar-refractivity contribution in [2.24, 2.45) is 0 Å². The summed E-state index contributed by atoms with van der Waals surface area (Å²) in [6, 6.07) is 2.33. The fraction of sp³-hybridized carbons (Fsp3) is 0.667. The minimum absolute atomic E-state index is 0.123. The number of hydrogen-bond donors (Lipinski definition) is 1. The molecule has 1 atom stereocenters. The van der Waals surface area contributed by atoms with E-state index in [1.54, 1.807) is 18.4 Å². The van der Waals surface area contributed by atoms with Gasteiger partial charge in [0.15, 0.2) is 0 Å². The van der Waals surface area contributed by atoms with Gasteiger partial charge >= 0.3 is 0 Å². The van der Waals surface area contributed by atoms with Crippen LogP contribution in [0.2, 0.25) is 0 Å². The predicted molar refractivity (Wildman–Crippen MR) is 74.1 cm³/mol. The lowest BCUT2D eigenvalue weighted by Crippen LogP contribution is -2.43. The van der Waals surface area contributed by atoms with Crippen LogP contribution in [0.5, 0.6) is 0 Å². The lowest BCUT2D eigenvalue weighted by atomic mass is 9.87. The first-order valence-electron chi connectivity index (χ1n) is 5.60. The van der Waals surface area contributed by atoms with Crippen molar-refractivity contribution in [1.82, 2.24) is 5.32 Å². The topological polar surface area (TPSA) is 21.3 Å². The maximum absolute atomic E-state index is 5.79. The van der Waals surface area contributed by atoms with Crippen LogP contribution in [-0.2, 0) is 4.74 Å². The smallest absolute Gasteiger partial charge is 0.0875 e. The van der Waals surface area contributed by atoms with Crippen LogP contribution in [0.25, 0.3) is 0 Å². The number of hydrogen-bond acceptors (Lipinski definition) is 3. The molecule has 2 nitrogen and oxygen atoms in total. The summed E-state index contributed by atoms with van der Waals surface area (Å²) in [6.45, 7) is 4.36. The fourth-order valence-corrected chi connectivity index (χ4v) is 4.03. The molecule has 1 aromatic rings. The molecule has 1 rings (SSSR count). The number of ether oxygens (including phenoxy) is 1. The number of halogens is 1. The normalized spacial score (nSPS) is 14.1. The van der Waals surface area contributed by atoms with Crippen molar-refractivity contribution in [3.05, 3.63) is 20.8 Å². The Labute approximate surface area is 111 Å². The molecule has 0 spiro atoms. The Kier molecular flexibility index (Phi) is 5.44. The van der Waals surface area contributed by atoms with E-state index in [2.05, 4.69) is 46.5 Å². The van der Waals surface area contributed by atoms with E-state index >= 15 is 0 Å². The largest absolute Gasteiger partial charge is 0.376 e. The minimum Gasteiger partial charge on any atom is -0.376 e. The van der Waals surface area contributed by atoms with Gasteiger partial charge in [-0.1, -0.05) is 13.8 Å². The van der Waals surface area contributed by atoms with Crippen LogP contribution in [0.15, 0.2) is 15.9 Å². The first kappa shape index (κ1) is 14.2. The molecule has 1 heterocycles. The molecule has 0 aliphatic rings. The van der Waals surface area contributed by atoms with Crippen LogP contribution < -0.4 is 5.32 Å². The lowest BCUT2D eigenvalue weighted by molar-refractivity contribution is -0.0460. The maximum atomic E-state index is 5.79. The van der Waals surface area contributed by atoms with Crippen LogP contribution in [0, 0.1) is 0 Å². The molecule has 0 radical (unpaired) electrons. The Balaban J connectivity index is 3.10. The van der Waals surface area contributed by atoms with Crippen LogP contribution >= 0.6 is 27.3 Å². The highest BCUT2D eigenvalue weighted by Crippen LogP contribution is 2.40. The van der Waals surface area contributed by atoms with Crippen LogP contribution in [0.1, 0.15) is 37.6 Å². The Bertz CT molecular complexity index is 314. The molecule has 92 valence electrons. The average molecular weight is 306 g/mol. The molecule has 0 saturated heterocycles. The predicted octanol–water partition coefficient (Wildman–Crippen LogP) is 3.98. The summed E-state index contributed by atoms with van der Waals surface area (Å²) in [6.07, 6.45) is 1.99. The first-order valence-corrected chi connectivity index (χ1v) is 7.27. The molecular formula is C12H20BrNOS. The highest BCUT2D eigenvalue weighted by Gasteiger charge is 2.37. The number of rotatable bonds is 6. The van der Waals surface area contributed by atoms with Gasteiger partial charge in [0.2, 0.25) is 0 Å². The lowest BCUT2D eigenvalue weighted by Gasteiger charge is -2.38. The number of thiophene rings is 1. The zero-order valence-electron chi connectivity index (χ0n) is 10.3. The van der Waals surface area contributed by atoms with Crippen LogP contribution in [-0.4, -0.2) is 19.8 Å². The van der Waals surface area contributed by atoms with E-state index in [4.69, 9.17) is 4.74 Å². The molecule has 0 amide bonds. The standard InChI is InChI=1S/C12H20BrNOS/c1-5-12(6-2,15-4)11(14-3)10-9(13)7-8-16-10/h7-8,11,14H,5-6H2,1-4H3. The molecule has 16 heavy (non-hydrogen) atoms. The van der Waals surface area contributed by atoms with Gasteiger partial charge in [-0.05, 0) is 47.3 Å². The summed E-state index contributed by atoms with van der Waals surface area (Å²) >= 11 is 5.37. The Hall–Kier alpha value is 0.100. The number of likely N-dealkylation sites (N-methyl/N-ethyl adjacent to an activating group) is 1. The molecule has 0 bridgehead atoms. The molecule has 1 aromatic heterocycles.